The average Bonchev–Trinajstić information content (AvgIpc) is 2.27. The van der Waals surface area contributed by atoms with E-state index in [2.05, 4.69) is 16.9 Å². The van der Waals surface area contributed by atoms with Gasteiger partial charge < -0.3 is 9.64 Å². The van der Waals surface area contributed by atoms with Gasteiger partial charge in [-0.05, 0) is 0 Å². The Balaban J connectivity index is 1.99. The minimum Gasteiger partial charge on any atom is -0.380 e. The van der Waals surface area contributed by atoms with Gasteiger partial charge in [-0.1, -0.05) is 6.92 Å². The van der Waals surface area contributed by atoms with E-state index in [-0.39, 0.29) is 11.3 Å². The summed E-state index contributed by atoms with van der Waals surface area (Å²) >= 11 is 0. The minimum atomic E-state index is -0.0961. The van der Waals surface area contributed by atoms with Crippen molar-refractivity contribution < 1.29 is 9.53 Å². The topological polar surface area (TPSA) is 55.3 Å². The summed E-state index contributed by atoms with van der Waals surface area (Å²) in [7, 11) is 1.78. The lowest BCUT2D eigenvalue weighted by Gasteiger charge is -2.40. The van der Waals surface area contributed by atoms with Gasteiger partial charge in [-0.15, -0.1) is 0 Å². The first-order chi connectivity index (χ1) is 7.61. The molecule has 5 nitrogen and oxygen atoms in total. The van der Waals surface area contributed by atoms with E-state index in [1.807, 2.05) is 0 Å². The fourth-order valence-corrected chi connectivity index (χ4v) is 1.79. The minimum absolute atomic E-state index is 0.0899. The van der Waals surface area contributed by atoms with Gasteiger partial charge in [-0.3, -0.25) is 9.78 Å². The van der Waals surface area contributed by atoms with Gasteiger partial charge in [0.25, 0.3) is 5.91 Å². The molecule has 1 aromatic heterocycles. The highest BCUT2D eigenvalue weighted by atomic mass is 16.5. The van der Waals surface area contributed by atoms with Crippen molar-refractivity contribution in [1.29, 1.82) is 0 Å². The highest BCUT2D eigenvalue weighted by Crippen LogP contribution is 2.27. The molecule has 0 N–H and O–H groups in total. The van der Waals surface area contributed by atoms with Crippen LogP contribution in [0.15, 0.2) is 18.6 Å². The predicted molar refractivity (Wildman–Crippen MR) is 57.9 cm³/mol. The van der Waals surface area contributed by atoms with Crippen LogP contribution < -0.4 is 0 Å². The first kappa shape index (κ1) is 11.0. The van der Waals surface area contributed by atoms with Crippen LogP contribution in [-0.4, -0.2) is 47.6 Å². The van der Waals surface area contributed by atoms with Gasteiger partial charge in [0.2, 0.25) is 0 Å². The fraction of sp³-hybridized carbons (Fsp3) is 0.545. The number of aromatic nitrogens is 2. The molecule has 2 heterocycles. The lowest BCUT2D eigenvalue weighted by atomic mass is 9.88. The molecule has 0 aromatic carbocycles. The maximum absolute atomic E-state index is 11.9. The van der Waals surface area contributed by atoms with Crippen molar-refractivity contribution in [3.8, 4) is 0 Å². The van der Waals surface area contributed by atoms with E-state index in [4.69, 9.17) is 4.74 Å². The summed E-state index contributed by atoms with van der Waals surface area (Å²) in [5.41, 5.74) is 0.473. The zero-order valence-electron chi connectivity index (χ0n) is 9.51. The Labute approximate surface area is 94.5 Å². The molecule has 5 heteroatoms. The summed E-state index contributed by atoms with van der Waals surface area (Å²) in [5, 5.41) is 0. The Hall–Kier alpha value is -1.49. The van der Waals surface area contributed by atoms with Crippen molar-refractivity contribution in [2.45, 2.75) is 6.92 Å². The molecule has 1 aliphatic heterocycles. The van der Waals surface area contributed by atoms with E-state index < -0.39 is 0 Å². The molecule has 0 unspecified atom stereocenters. The Bertz CT molecular complexity index is 376. The van der Waals surface area contributed by atoms with Gasteiger partial charge in [0.15, 0.2) is 0 Å². The van der Waals surface area contributed by atoms with Crippen molar-refractivity contribution in [1.82, 2.24) is 14.9 Å². The van der Waals surface area contributed by atoms with Crippen molar-refractivity contribution >= 4 is 5.91 Å². The van der Waals surface area contributed by atoms with Gasteiger partial charge in [0.05, 0.1) is 19.4 Å². The quantitative estimate of drug-likeness (QED) is 0.749. The monoisotopic (exact) mass is 221 g/mol. The number of hydrogen-bond acceptors (Lipinski definition) is 4. The van der Waals surface area contributed by atoms with E-state index in [0.29, 0.717) is 25.5 Å². The number of rotatable bonds is 3. The van der Waals surface area contributed by atoms with Crippen LogP contribution in [0.4, 0.5) is 0 Å². The standard InChI is InChI=1S/C11H15N3O2/c1-11(7-16-8-11)6-14(2)10(15)9-5-12-3-4-13-9/h3-5H,6-8H2,1-2H3. The second-order valence-electron chi connectivity index (χ2n) is 4.56. The molecule has 2 rings (SSSR count). The number of carbonyl (C=O) groups is 1. The predicted octanol–water partition coefficient (Wildman–Crippen LogP) is 0.585. The number of carbonyl (C=O) groups excluding carboxylic acids is 1. The van der Waals surface area contributed by atoms with Crippen molar-refractivity contribution in [2.24, 2.45) is 5.41 Å². The van der Waals surface area contributed by atoms with Crippen LogP contribution in [0, 0.1) is 5.41 Å². The molecule has 16 heavy (non-hydrogen) atoms. The molecule has 86 valence electrons. The molecule has 0 radical (unpaired) electrons. The molecular formula is C11H15N3O2. The summed E-state index contributed by atoms with van der Waals surface area (Å²) in [6, 6.07) is 0. The Morgan fingerprint density at radius 2 is 2.31 bits per heavy atom. The van der Waals surface area contributed by atoms with Gasteiger partial charge in [-0.25, -0.2) is 4.98 Å². The normalized spacial score (nSPS) is 17.6. The summed E-state index contributed by atoms with van der Waals surface area (Å²) < 4.78 is 5.16. The third kappa shape index (κ3) is 2.19. The lowest BCUT2D eigenvalue weighted by molar-refractivity contribution is -0.109. The maximum Gasteiger partial charge on any atom is 0.273 e. The fourth-order valence-electron chi connectivity index (χ4n) is 1.79. The SMILES string of the molecule is CN(CC1(C)COC1)C(=O)c1cnccn1. The second-order valence-corrected chi connectivity index (χ2v) is 4.56. The molecule has 1 aromatic rings. The van der Waals surface area contributed by atoms with E-state index in [1.165, 1.54) is 12.4 Å². The molecule has 1 amide bonds. The zero-order valence-corrected chi connectivity index (χ0v) is 9.51. The number of ether oxygens (including phenoxy) is 1. The van der Waals surface area contributed by atoms with Crippen LogP contribution >= 0.6 is 0 Å². The van der Waals surface area contributed by atoms with Gasteiger partial charge in [0, 0.05) is 31.4 Å². The third-order valence-electron chi connectivity index (χ3n) is 2.65. The van der Waals surface area contributed by atoms with Crippen LogP contribution in [0.25, 0.3) is 0 Å². The molecule has 0 saturated carbocycles. The third-order valence-corrected chi connectivity index (χ3v) is 2.65. The number of nitrogens with zero attached hydrogens (tertiary/aromatic N) is 3. The molecule has 0 aliphatic carbocycles. The van der Waals surface area contributed by atoms with Crippen LogP contribution in [0.5, 0.6) is 0 Å². The van der Waals surface area contributed by atoms with Crippen molar-refractivity contribution in [3.05, 3.63) is 24.3 Å². The molecule has 0 atom stereocenters. The summed E-state index contributed by atoms with van der Waals surface area (Å²) in [6.45, 7) is 4.22. The smallest absolute Gasteiger partial charge is 0.273 e. The van der Waals surface area contributed by atoms with Gasteiger partial charge in [0.1, 0.15) is 5.69 Å². The van der Waals surface area contributed by atoms with E-state index in [0.717, 1.165) is 0 Å². The summed E-state index contributed by atoms with van der Waals surface area (Å²) in [4.78, 5) is 21.5. The Morgan fingerprint density at radius 1 is 1.56 bits per heavy atom. The Morgan fingerprint density at radius 3 is 2.81 bits per heavy atom. The number of hydrogen-bond donors (Lipinski definition) is 0. The zero-order chi connectivity index (χ0) is 11.6. The van der Waals surface area contributed by atoms with Crippen molar-refractivity contribution in [2.75, 3.05) is 26.8 Å². The van der Waals surface area contributed by atoms with Crippen LogP contribution in [0.2, 0.25) is 0 Å². The summed E-state index contributed by atoms with van der Waals surface area (Å²) in [5.74, 6) is -0.0961. The maximum atomic E-state index is 11.9. The number of amides is 1. The van der Waals surface area contributed by atoms with Gasteiger partial charge in [-0.2, -0.15) is 0 Å². The van der Waals surface area contributed by atoms with Crippen LogP contribution in [0.1, 0.15) is 17.4 Å². The molecule has 1 aliphatic rings. The van der Waals surface area contributed by atoms with E-state index >= 15 is 0 Å². The second kappa shape index (κ2) is 4.17. The van der Waals surface area contributed by atoms with Crippen LogP contribution in [0.3, 0.4) is 0 Å². The molecule has 1 saturated heterocycles. The lowest BCUT2D eigenvalue weighted by Crippen LogP contribution is -2.49. The molecule has 1 fully saturated rings. The first-order valence-electron chi connectivity index (χ1n) is 5.20. The van der Waals surface area contributed by atoms with Crippen molar-refractivity contribution in [3.63, 3.8) is 0 Å². The molecule has 0 bridgehead atoms. The highest BCUT2D eigenvalue weighted by molar-refractivity contribution is 5.91. The molecule has 0 spiro atoms. The highest BCUT2D eigenvalue weighted by Gasteiger charge is 2.35. The van der Waals surface area contributed by atoms with E-state index in [9.17, 15) is 4.79 Å². The average molecular weight is 221 g/mol. The largest absolute Gasteiger partial charge is 0.380 e. The van der Waals surface area contributed by atoms with Crippen LogP contribution in [-0.2, 0) is 4.74 Å². The van der Waals surface area contributed by atoms with Gasteiger partial charge >= 0.3 is 0 Å². The first-order valence-corrected chi connectivity index (χ1v) is 5.20. The Kier molecular flexibility index (Phi) is 2.87. The summed E-state index contributed by atoms with van der Waals surface area (Å²) in [6.07, 6.45) is 4.56. The van der Waals surface area contributed by atoms with E-state index in [1.54, 1.807) is 18.1 Å². The molecular weight excluding hydrogens is 206 g/mol.